The van der Waals surface area contributed by atoms with Gasteiger partial charge in [-0.05, 0) is 11.1 Å². The number of allylic oxidation sites excluding steroid dienone is 6. The molecule has 0 spiro atoms. The highest BCUT2D eigenvalue weighted by atomic mass is 14.3. The summed E-state index contributed by atoms with van der Waals surface area (Å²) in [6, 6.07) is 14.1. The lowest BCUT2D eigenvalue weighted by atomic mass is 9.94. The average Bonchev–Trinajstić information content (AvgIpc) is 2.67. The standard InChI is InChI=1S/C16H12N2/c17-11-16(12-18)15-8-4-7-14(9-10-15)13-5-2-1-3-6-13/h1-10,15-16H. The first-order valence-corrected chi connectivity index (χ1v) is 5.76. The Hall–Kier alpha value is -2.58. The molecule has 18 heavy (non-hydrogen) atoms. The van der Waals surface area contributed by atoms with Crippen LogP contribution in [0.3, 0.4) is 0 Å². The van der Waals surface area contributed by atoms with E-state index < -0.39 is 5.92 Å². The molecule has 86 valence electrons. The second kappa shape index (κ2) is 5.66. The molecule has 0 radical (unpaired) electrons. The van der Waals surface area contributed by atoms with E-state index in [1.165, 1.54) is 0 Å². The van der Waals surface area contributed by atoms with Gasteiger partial charge in [0, 0.05) is 5.92 Å². The Labute approximate surface area is 107 Å². The minimum Gasteiger partial charge on any atom is -0.197 e. The molecule has 1 aromatic carbocycles. The van der Waals surface area contributed by atoms with Gasteiger partial charge < -0.3 is 0 Å². The molecule has 1 unspecified atom stereocenters. The Morgan fingerprint density at radius 3 is 2.39 bits per heavy atom. The summed E-state index contributed by atoms with van der Waals surface area (Å²) in [4.78, 5) is 0. The lowest BCUT2D eigenvalue weighted by Crippen LogP contribution is -2.05. The summed E-state index contributed by atoms with van der Waals surface area (Å²) in [5.41, 5.74) is 2.22. The van der Waals surface area contributed by atoms with E-state index in [1.54, 1.807) is 0 Å². The third kappa shape index (κ3) is 2.56. The van der Waals surface area contributed by atoms with Crippen molar-refractivity contribution in [2.24, 2.45) is 11.8 Å². The molecule has 2 rings (SSSR count). The van der Waals surface area contributed by atoms with Crippen molar-refractivity contribution in [1.29, 1.82) is 10.5 Å². The van der Waals surface area contributed by atoms with Crippen LogP contribution in [0.25, 0.3) is 5.57 Å². The van der Waals surface area contributed by atoms with Gasteiger partial charge in [-0.3, -0.25) is 0 Å². The molecule has 1 aromatic rings. The number of benzene rings is 1. The van der Waals surface area contributed by atoms with Gasteiger partial charge in [-0.25, -0.2) is 0 Å². The highest BCUT2D eigenvalue weighted by Crippen LogP contribution is 2.23. The van der Waals surface area contributed by atoms with E-state index in [4.69, 9.17) is 10.5 Å². The van der Waals surface area contributed by atoms with Gasteiger partial charge in [-0.2, -0.15) is 10.5 Å². The maximum Gasteiger partial charge on any atom is 0.143 e. The van der Waals surface area contributed by atoms with E-state index in [0.717, 1.165) is 11.1 Å². The van der Waals surface area contributed by atoms with E-state index in [2.05, 4.69) is 0 Å². The van der Waals surface area contributed by atoms with Gasteiger partial charge in [0.2, 0.25) is 0 Å². The Bertz CT molecular complexity index is 566. The zero-order valence-electron chi connectivity index (χ0n) is 9.82. The quantitative estimate of drug-likeness (QED) is 0.783. The van der Waals surface area contributed by atoms with Crippen molar-refractivity contribution in [3.05, 3.63) is 66.3 Å². The maximum absolute atomic E-state index is 8.90. The molecule has 0 N–H and O–H groups in total. The van der Waals surface area contributed by atoms with Crippen LogP contribution in [-0.2, 0) is 0 Å². The van der Waals surface area contributed by atoms with Crippen LogP contribution in [0.5, 0.6) is 0 Å². The number of rotatable bonds is 2. The lowest BCUT2D eigenvalue weighted by molar-refractivity contribution is 0.702. The van der Waals surface area contributed by atoms with Gasteiger partial charge in [0.25, 0.3) is 0 Å². The minimum atomic E-state index is -0.624. The van der Waals surface area contributed by atoms with Crippen molar-refractivity contribution >= 4 is 5.57 Å². The highest BCUT2D eigenvalue weighted by Gasteiger charge is 2.16. The van der Waals surface area contributed by atoms with Gasteiger partial charge in [0.1, 0.15) is 5.92 Å². The van der Waals surface area contributed by atoms with Gasteiger partial charge in [0.15, 0.2) is 0 Å². The summed E-state index contributed by atoms with van der Waals surface area (Å²) in [5.74, 6) is -0.765. The number of hydrogen-bond acceptors (Lipinski definition) is 2. The number of nitrogens with zero attached hydrogens (tertiary/aromatic N) is 2. The molecule has 2 heteroatoms. The van der Waals surface area contributed by atoms with Crippen LogP contribution in [0.1, 0.15) is 5.56 Å². The van der Waals surface area contributed by atoms with Gasteiger partial charge in [-0.15, -0.1) is 0 Å². The van der Waals surface area contributed by atoms with E-state index in [9.17, 15) is 0 Å². The highest BCUT2D eigenvalue weighted by molar-refractivity contribution is 5.75. The summed E-state index contributed by atoms with van der Waals surface area (Å²) in [6.07, 6.45) is 9.69. The molecule has 0 saturated heterocycles. The molecular weight excluding hydrogens is 220 g/mol. The number of nitriles is 2. The van der Waals surface area contributed by atoms with Crippen LogP contribution < -0.4 is 0 Å². The van der Waals surface area contributed by atoms with Crippen molar-refractivity contribution < 1.29 is 0 Å². The predicted octanol–water partition coefficient (Wildman–Crippen LogP) is 3.48. The molecule has 0 amide bonds. The lowest BCUT2D eigenvalue weighted by Gasteiger charge is -2.05. The van der Waals surface area contributed by atoms with Crippen molar-refractivity contribution in [3.8, 4) is 12.1 Å². The third-order valence-electron chi connectivity index (χ3n) is 2.88. The molecule has 0 bridgehead atoms. The average molecular weight is 232 g/mol. The van der Waals surface area contributed by atoms with E-state index in [-0.39, 0.29) is 5.92 Å². The zero-order valence-corrected chi connectivity index (χ0v) is 9.82. The van der Waals surface area contributed by atoms with Gasteiger partial charge in [-0.1, -0.05) is 60.7 Å². The van der Waals surface area contributed by atoms with E-state index >= 15 is 0 Å². The van der Waals surface area contributed by atoms with Gasteiger partial charge in [0.05, 0.1) is 12.1 Å². The fourth-order valence-corrected chi connectivity index (χ4v) is 1.87. The normalized spacial score (nSPS) is 17.7. The molecule has 0 fully saturated rings. The molecular formula is C16H12N2. The van der Waals surface area contributed by atoms with Crippen LogP contribution in [0.2, 0.25) is 0 Å². The molecule has 0 saturated carbocycles. The van der Waals surface area contributed by atoms with Crippen LogP contribution in [0.15, 0.2) is 60.7 Å². The summed E-state index contributed by atoms with van der Waals surface area (Å²) in [5, 5.41) is 17.8. The summed E-state index contributed by atoms with van der Waals surface area (Å²) < 4.78 is 0. The van der Waals surface area contributed by atoms with E-state index in [0.29, 0.717) is 0 Å². The van der Waals surface area contributed by atoms with Crippen molar-refractivity contribution in [2.75, 3.05) is 0 Å². The first-order valence-electron chi connectivity index (χ1n) is 5.76. The maximum atomic E-state index is 8.90. The number of hydrogen-bond donors (Lipinski definition) is 0. The van der Waals surface area contributed by atoms with Crippen LogP contribution >= 0.6 is 0 Å². The summed E-state index contributed by atoms with van der Waals surface area (Å²) >= 11 is 0. The Balaban J connectivity index is 2.24. The topological polar surface area (TPSA) is 47.6 Å². The monoisotopic (exact) mass is 232 g/mol. The molecule has 1 aliphatic carbocycles. The van der Waals surface area contributed by atoms with E-state index in [1.807, 2.05) is 72.9 Å². The molecule has 2 nitrogen and oxygen atoms in total. The summed E-state index contributed by atoms with van der Waals surface area (Å²) in [7, 11) is 0. The largest absolute Gasteiger partial charge is 0.197 e. The summed E-state index contributed by atoms with van der Waals surface area (Å²) in [6.45, 7) is 0. The van der Waals surface area contributed by atoms with Gasteiger partial charge >= 0.3 is 0 Å². The van der Waals surface area contributed by atoms with Crippen molar-refractivity contribution in [3.63, 3.8) is 0 Å². The predicted molar refractivity (Wildman–Crippen MR) is 70.9 cm³/mol. The fraction of sp³-hybridized carbons (Fsp3) is 0.125. The Kier molecular flexibility index (Phi) is 3.74. The van der Waals surface area contributed by atoms with Crippen molar-refractivity contribution in [1.82, 2.24) is 0 Å². The van der Waals surface area contributed by atoms with Crippen LogP contribution in [0, 0.1) is 34.5 Å². The molecule has 0 aliphatic heterocycles. The van der Waals surface area contributed by atoms with Crippen LogP contribution in [0.4, 0.5) is 0 Å². The SMILES string of the molecule is N#CC(C#N)C1C=CC=C(c2ccccc2)C=C1. The first kappa shape index (κ1) is 11.9. The second-order valence-electron chi connectivity index (χ2n) is 4.05. The van der Waals surface area contributed by atoms with Crippen LogP contribution in [-0.4, -0.2) is 0 Å². The fourth-order valence-electron chi connectivity index (χ4n) is 1.87. The Morgan fingerprint density at radius 1 is 1.00 bits per heavy atom. The Morgan fingerprint density at radius 2 is 1.72 bits per heavy atom. The second-order valence-corrected chi connectivity index (χ2v) is 4.05. The molecule has 1 atom stereocenters. The molecule has 0 aromatic heterocycles. The zero-order chi connectivity index (χ0) is 12.8. The molecule has 1 aliphatic rings. The minimum absolute atomic E-state index is 0.141. The smallest absolute Gasteiger partial charge is 0.143 e. The first-order chi connectivity index (χ1) is 8.85. The molecule has 0 heterocycles. The van der Waals surface area contributed by atoms with Crippen molar-refractivity contribution in [2.45, 2.75) is 0 Å². The third-order valence-corrected chi connectivity index (χ3v) is 2.88.